The zero-order valence-electron chi connectivity index (χ0n) is 17.2. The first-order valence-corrected chi connectivity index (χ1v) is 10.4. The van der Waals surface area contributed by atoms with Gasteiger partial charge in [0.15, 0.2) is 11.5 Å². The largest absolute Gasteiger partial charge is 0.486 e. The number of rotatable bonds is 7. The Labute approximate surface area is 180 Å². The quantitative estimate of drug-likeness (QED) is 0.644. The van der Waals surface area contributed by atoms with E-state index in [1.165, 1.54) is 4.90 Å². The fourth-order valence-corrected chi connectivity index (χ4v) is 3.62. The summed E-state index contributed by atoms with van der Waals surface area (Å²) in [6.45, 7) is 1.39. The molecule has 0 atom stereocenters. The Morgan fingerprint density at radius 1 is 0.968 bits per heavy atom. The van der Waals surface area contributed by atoms with Crippen molar-refractivity contribution in [2.45, 2.75) is 19.3 Å². The summed E-state index contributed by atoms with van der Waals surface area (Å²) in [4.78, 5) is 39.6. The van der Waals surface area contributed by atoms with Gasteiger partial charge in [0.1, 0.15) is 13.2 Å². The number of ether oxygens (including phenoxy) is 2. The van der Waals surface area contributed by atoms with Crippen molar-refractivity contribution in [1.82, 2.24) is 4.90 Å². The van der Waals surface area contributed by atoms with Gasteiger partial charge < -0.3 is 14.4 Å². The van der Waals surface area contributed by atoms with Gasteiger partial charge >= 0.3 is 0 Å². The highest BCUT2D eigenvalue weighted by atomic mass is 16.6. The Balaban J connectivity index is 1.51. The molecule has 3 amide bonds. The number of fused-ring (bicyclic) bond motifs is 1. The lowest BCUT2D eigenvalue weighted by Crippen LogP contribution is -2.36. The average Bonchev–Trinajstić information content (AvgIpc) is 3.12. The summed E-state index contributed by atoms with van der Waals surface area (Å²) < 4.78 is 11.2. The summed E-state index contributed by atoms with van der Waals surface area (Å²) in [5.41, 5.74) is 1.70. The number of hydrogen-bond acceptors (Lipinski definition) is 5. The molecule has 2 aromatic rings. The van der Waals surface area contributed by atoms with Crippen LogP contribution in [0.4, 0.5) is 5.69 Å². The molecule has 2 aliphatic heterocycles. The van der Waals surface area contributed by atoms with Crippen molar-refractivity contribution in [1.29, 1.82) is 0 Å². The van der Waals surface area contributed by atoms with Crippen molar-refractivity contribution in [3.63, 3.8) is 0 Å². The molecule has 2 heterocycles. The van der Waals surface area contributed by atoms with Crippen LogP contribution in [-0.2, 0) is 14.4 Å². The Kier molecular flexibility index (Phi) is 6.31. The van der Waals surface area contributed by atoms with E-state index < -0.39 is 0 Å². The number of benzene rings is 2. The Hall–Kier alpha value is -3.61. The summed E-state index contributed by atoms with van der Waals surface area (Å²) >= 11 is 0. The van der Waals surface area contributed by atoms with Gasteiger partial charge in [-0.05, 0) is 17.7 Å². The zero-order valence-corrected chi connectivity index (χ0v) is 17.2. The van der Waals surface area contributed by atoms with Gasteiger partial charge in [0, 0.05) is 44.1 Å². The summed E-state index contributed by atoms with van der Waals surface area (Å²) in [6, 6.07) is 15.2. The molecule has 1 fully saturated rings. The van der Waals surface area contributed by atoms with Gasteiger partial charge in [-0.3, -0.25) is 19.3 Å². The van der Waals surface area contributed by atoms with E-state index in [9.17, 15) is 14.4 Å². The maximum absolute atomic E-state index is 13.1. The number of likely N-dealkylation sites (tertiary alicyclic amines) is 1. The maximum atomic E-state index is 13.1. The highest BCUT2D eigenvalue weighted by Gasteiger charge is 2.29. The van der Waals surface area contributed by atoms with E-state index >= 15 is 0 Å². The monoisotopic (exact) mass is 420 g/mol. The molecule has 7 nitrogen and oxygen atoms in total. The molecule has 2 aliphatic rings. The molecule has 0 radical (unpaired) electrons. The van der Waals surface area contributed by atoms with E-state index in [2.05, 4.69) is 0 Å². The number of hydrogen-bond donors (Lipinski definition) is 0. The average molecular weight is 420 g/mol. The minimum absolute atomic E-state index is 0.0606. The summed E-state index contributed by atoms with van der Waals surface area (Å²) in [7, 11) is 0. The number of carbonyl (C=O) groups excluding carboxylic acids is 3. The second-order valence-corrected chi connectivity index (χ2v) is 7.33. The third-order valence-corrected chi connectivity index (χ3v) is 5.24. The molecule has 0 spiro atoms. The first-order valence-electron chi connectivity index (χ1n) is 10.4. The van der Waals surface area contributed by atoms with Gasteiger partial charge in [-0.15, -0.1) is 0 Å². The fourth-order valence-electron chi connectivity index (χ4n) is 3.62. The van der Waals surface area contributed by atoms with Gasteiger partial charge in [0.05, 0.1) is 0 Å². The molecule has 0 unspecified atom stereocenters. The van der Waals surface area contributed by atoms with E-state index in [0.717, 1.165) is 5.56 Å². The Morgan fingerprint density at radius 3 is 2.42 bits per heavy atom. The molecular formula is C24H24N2O5. The molecule has 0 N–H and O–H groups in total. The standard InChI is InChI=1S/C24H24N2O5/c27-22-10-11-23(28)26(22)14-12-24(29)25(13-4-7-18-5-2-1-3-6-18)19-8-9-20-21(17-19)31-16-15-30-20/h1-9,17H,10-16H2. The lowest BCUT2D eigenvalue weighted by molar-refractivity contribution is -0.138. The van der Waals surface area contributed by atoms with Crippen LogP contribution in [0.3, 0.4) is 0 Å². The highest BCUT2D eigenvalue weighted by Crippen LogP contribution is 2.34. The van der Waals surface area contributed by atoms with Crippen LogP contribution in [0.5, 0.6) is 11.5 Å². The van der Waals surface area contributed by atoms with E-state index in [-0.39, 0.29) is 43.5 Å². The van der Waals surface area contributed by atoms with Crippen LogP contribution in [0.15, 0.2) is 54.6 Å². The van der Waals surface area contributed by atoms with Crippen LogP contribution >= 0.6 is 0 Å². The predicted octanol–water partition coefficient (Wildman–Crippen LogP) is 3.04. The van der Waals surface area contributed by atoms with Crippen molar-refractivity contribution in [3.05, 3.63) is 60.2 Å². The molecule has 2 aromatic carbocycles. The Morgan fingerprint density at radius 2 is 1.68 bits per heavy atom. The van der Waals surface area contributed by atoms with Gasteiger partial charge in [-0.2, -0.15) is 0 Å². The first kappa shape index (κ1) is 20.7. The van der Waals surface area contributed by atoms with Gasteiger partial charge in [-0.25, -0.2) is 0 Å². The lowest BCUT2D eigenvalue weighted by atomic mass is 10.2. The minimum Gasteiger partial charge on any atom is -0.486 e. The summed E-state index contributed by atoms with van der Waals surface area (Å²) in [6.07, 6.45) is 4.37. The number of anilines is 1. The fraction of sp³-hybridized carbons (Fsp3) is 0.292. The topological polar surface area (TPSA) is 76.2 Å². The Bertz CT molecular complexity index is 986. The summed E-state index contributed by atoms with van der Waals surface area (Å²) in [5, 5.41) is 0. The molecule has 160 valence electrons. The molecule has 0 aliphatic carbocycles. The van der Waals surface area contributed by atoms with E-state index in [1.807, 2.05) is 48.6 Å². The lowest BCUT2D eigenvalue weighted by Gasteiger charge is -2.25. The van der Waals surface area contributed by atoms with E-state index in [4.69, 9.17) is 9.47 Å². The maximum Gasteiger partial charge on any atom is 0.229 e. The van der Waals surface area contributed by atoms with Crippen LogP contribution in [0.25, 0.3) is 6.08 Å². The molecule has 4 rings (SSSR count). The van der Waals surface area contributed by atoms with Crippen LogP contribution in [-0.4, -0.2) is 48.9 Å². The number of carbonyl (C=O) groups is 3. The van der Waals surface area contributed by atoms with Crippen LogP contribution < -0.4 is 14.4 Å². The molecule has 31 heavy (non-hydrogen) atoms. The molecule has 0 bridgehead atoms. The van der Waals surface area contributed by atoms with Crippen LogP contribution in [0, 0.1) is 0 Å². The zero-order chi connectivity index (χ0) is 21.6. The van der Waals surface area contributed by atoms with Crippen LogP contribution in [0.1, 0.15) is 24.8 Å². The summed E-state index contributed by atoms with van der Waals surface area (Å²) in [5.74, 6) is 0.635. The van der Waals surface area contributed by atoms with Crippen molar-refractivity contribution >= 4 is 29.5 Å². The van der Waals surface area contributed by atoms with Crippen molar-refractivity contribution < 1.29 is 23.9 Å². The number of amides is 3. The predicted molar refractivity (Wildman–Crippen MR) is 116 cm³/mol. The molecule has 0 aromatic heterocycles. The highest BCUT2D eigenvalue weighted by molar-refractivity contribution is 6.02. The second-order valence-electron chi connectivity index (χ2n) is 7.33. The van der Waals surface area contributed by atoms with Gasteiger partial charge in [0.25, 0.3) is 0 Å². The molecule has 0 saturated carbocycles. The third kappa shape index (κ3) is 4.94. The molecule has 1 saturated heterocycles. The first-order chi connectivity index (χ1) is 15.1. The number of nitrogens with zero attached hydrogens (tertiary/aromatic N) is 2. The van der Waals surface area contributed by atoms with E-state index in [1.54, 1.807) is 17.0 Å². The van der Waals surface area contributed by atoms with Crippen molar-refractivity contribution in [2.75, 3.05) is 31.2 Å². The van der Waals surface area contributed by atoms with Crippen molar-refractivity contribution in [3.8, 4) is 11.5 Å². The normalized spacial score (nSPS) is 15.5. The second kappa shape index (κ2) is 9.47. The van der Waals surface area contributed by atoms with Crippen molar-refractivity contribution in [2.24, 2.45) is 0 Å². The van der Waals surface area contributed by atoms with Crippen LogP contribution in [0.2, 0.25) is 0 Å². The minimum atomic E-state index is -0.215. The van der Waals surface area contributed by atoms with Gasteiger partial charge in [-0.1, -0.05) is 42.5 Å². The third-order valence-electron chi connectivity index (χ3n) is 5.24. The van der Waals surface area contributed by atoms with Gasteiger partial charge in [0.2, 0.25) is 17.7 Å². The number of imide groups is 1. The van der Waals surface area contributed by atoms with E-state index in [0.29, 0.717) is 36.9 Å². The smallest absolute Gasteiger partial charge is 0.229 e. The molecular weight excluding hydrogens is 396 g/mol. The molecule has 7 heteroatoms. The SMILES string of the molecule is O=C1CCC(=O)N1CCC(=O)N(CC=Cc1ccccc1)c1ccc2c(c1)OCCO2.